The van der Waals surface area contributed by atoms with Crippen LogP contribution in [-0.4, -0.2) is 25.7 Å². The summed E-state index contributed by atoms with van der Waals surface area (Å²) in [6, 6.07) is 0.893. The zero-order chi connectivity index (χ0) is 7.52. The highest BCUT2D eigenvalue weighted by Gasteiger charge is 2.22. The molecule has 0 spiro atoms. The number of piperidine rings is 1. The maximum absolute atomic E-state index is 3.60. The van der Waals surface area contributed by atoms with Gasteiger partial charge in [0.05, 0.1) is 0 Å². The van der Waals surface area contributed by atoms with Gasteiger partial charge in [-0.15, -0.1) is 24.8 Å². The number of hydrogen-bond donors (Lipinski definition) is 2. The minimum atomic E-state index is 0. The molecule has 1 heterocycles. The van der Waals surface area contributed by atoms with Gasteiger partial charge in [0.25, 0.3) is 0 Å². The zero-order valence-electron chi connectivity index (χ0n) is 7.92. The van der Waals surface area contributed by atoms with Crippen molar-refractivity contribution < 1.29 is 0 Å². The van der Waals surface area contributed by atoms with Crippen LogP contribution in [0.2, 0.25) is 0 Å². The minimum absolute atomic E-state index is 0. The normalized spacial score (nSPS) is 23.1. The van der Waals surface area contributed by atoms with Crippen LogP contribution in [0, 0.1) is 5.92 Å². The Hall–Kier alpha value is 0.500. The summed E-state index contributed by atoms with van der Waals surface area (Å²) in [5, 5.41) is 6.99. The predicted molar refractivity (Wildman–Crippen MR) is 61.1 cm³/mol. The van der Waals surface area contributed by atoms with E-state index in [4.69, 9.17) is 0 Å². The highest BCUT2D eigenvalue weighted by Crippen LogP contribution is 2.20. The van der Waals surface area contributed by atoms with E-state index in [1.54, 1.807) is 0 Å². The largest absolute Gasteiger partial charge is 0.317 e. The van der Waals surface area contributed by atoms with Gasteiger partial charge >= 0.3 is 0 Å². The van der Waals surface area contributed by atoms with Crippen molar-refractivity contribution in [2.75, 3.05) is 19.6 Å². The van der Waals surface area contributed by atoms with Gasteiger partial charge in [0.2, 0.25) is 0 Å². The van der Waals surface area contributed by atoms with Crippen LogP contribution >= 0.6 is 24.8 Å². The van der Waals surface area contributed by atoms with E-state index < -0.39 is 0 Å². The summed E-state index contributed by atoms with van der Waals surface area (Å²) < 4.78 is 0. The fraction of sp³-hybridized carbons (Fsp3) is 1.00. The first-order valence-electron chi connectivity index (χ1n) is 4.89. The monoisotopic (exact) mass is 226 g/mol. The fourth-order valence-electron chi connectivity index (χ4n) is 1.71. The van der Waals surface area contributed by atoms with Crippen molar-refractivity contribution in [2.24, 2.45) is 5.92 Å². The van der Waals surface area contributed by atoms with Crippen molar-refractivity contribution in [3.63, 3.8) is 0 Å². The Morgan fingerprint density at radius 3 is 2.15 bits per heavy atom. The number of rotatable bonds is 3. The van der Waals surface area contributed by atoms with Crippen LogP contribution in [-0.2, 0) is 0 Å². The molecule has 0 aromatic carbocycles. The van der Waals surface area contributed by atoms with Gasteiger partial charge in [-0.05, 0) is 51.2 Å². The second-order valence-corrected chi connectivity index (χ2v) is 3.88. The molecule has 1 saturated heterocycles. The molecule has 4 heteroatoms. The quantitative estimate of drug-likeness (QED) is 0.765. The lowest BCUT2D eigenvalue weighted by Gasteiger charge is -2.22. The first-order chi connectivity index (χ1) is 5.45. The van der Waals surface area contributed by atoms with Gasteiger partial charge in [-0.1, -0.05) is 0 Å². The Balaban J connectivity index is 0.000000720. The van der Waals surface area contributed by atoms with E-state index >= 15 is 0 Å². The predicted octanol–water partition coefficient (Wildman–Crippen LogP) is 1.58. The first kappa shape index (κ1) is 13.5. The standard InChI is InChI=1S/C9H18N2.2ClH/c1-2-9(1)11-7-8-3-5-10-6-4-8;;/h8-11H,1-7H2;2*1H. The molecule has 1 aliphatic carbocycles. The van der Waals surface area contributed by atoms with E-state index in [9.17, 15) is 0 Å². The molecular formula is C9H20Cl2N2. The van der Waals surface area contributed by atoms with E-state index in [-0.39, 0.29) is 24.8 Å². The molecule has 80 valence electrons. The summed E-state index contributed by atoms with van der Waals surface area (Å²) in [4.78, 5) is 0. The van der Waals surface area contributed by atoms with Crippen LogP contribution in [0.1, 0.15) is 25.7 Å². The molecule has 0 amide bonds. The molecule has 0 radical (unpaired) electrons. The average Bonchev–Trinajstić information content (AvgIpc) is 2.86. The van der Waals surface area contributed by atoms with Crippen molar-refractivity contribution in [3.05, 3.63) is 0 Å². The summed E-state index contributed by atoms with van der Waals surface area (Å²) in [6.45, 7) is 3.74. The molecule has 2 N–H and O–H groups in total. The lowest BCUT2D eigenvalue weighted by atomic mass is 9.98. The smallest absolute Gasteiger partial charge is 0.00683 e. The van der Waals surface area contributed by atoms with Gasteiger partial charge < -0.3 is 10.6 Å². The topological polar surface area (TPSA) is 24.1 Å². The molecule has 2 nitrogen and oxygen atoms in total. The van der Waals surface area contributed by atoms with Crippen LogP contribution in [0.15, 0.2) is 0 Å². The number of nitrogens with one attached hydrogen (secondary N) is 2. The Bertz CT molecular complexity index is 123. The second kappa shape index (κ2) is 6.88. The molecule has 2 rings (SSSR count). The Labute approximate surface area is 93.1 Å². The third-order valence-corrected chi connectivity index (χ3v) is 2.73. The lowest BCUT2D eigenvalue weighted by molar-refractivity contribution is 0.356. The lowest BCUT2D eigenvalue weighted by Crippen LogP contribution is -2.34. The Morgan fingerprint density at radius 1 is 1.00 bits per heavy atom. The van der Waals surface area contributed by atoms with Crippen LogP contribution < -0.4 is 10.6 Å². The van der Waals surface area contributed by atoms with Gasteiger partial charge in [-0.3, -0.25) is 0 Å². The van der Waals surface area contributed by atoms with Crippen LogP contribution in [0.4, 0.5) is 0 Å². The van der Waals surface area contributed by atoms with E-state index in [1.165, 1.54) is 45.3 Å². The van der Waals surface area contributed by atoms with Crippen molar-refractivity contribution in [1.29, 1.82) is 0 Å². The van der Waals surface area contributed by atoms with Crippen molar-refractivity contribution >= 4 is 24.8 Å². The molecule has 0 aromatic rings. The number of hydrogen-bond acceptors (Lipinski definition) is 2. The maximum atomic E-state index is 3.60. The van der Waals surface area contributed by atoms with Crippen LogP contribution in [0.3, 0.4) is 0 Å². The van der Waals surface area contributed by atoms with Crippen molar-refractivity contribution in [1.82, 2.24) is 10.6 Å². The molecule has 0 aromatic heterocycles. The summed E-state index contributed by atoms with van der Waals surface area (Å²) in [6.07, 6.45) is 5.59. The van der Waals surface area contributed by atoms with Gasteiger partial charge in [0.15, 0.2) is 0 Å². The Morgan fingerprint density at radius 2 is 1.62 bits per heavy atom. The van der Waals surface area contributed by atoms with E-state index in [1.807, 2.05) is 0 Å². The molecule has 1 saturated carbocycles. The molecule has 13 heavy (non-hydrogen) atoms. The molecule has 1 aliphatic heterocycles. The summed E-state index contributed by atoms with van der Waals surface area (Å²) in [5.74, 6) is 0.955. The first-order valence-corrected chi connectivity index (χ1v) is 4.89. The van der Waals surface area contributed by atoms with Gasteiger partial charge in [-0.2, -0.15) is 0 Å². The van der Waals surface area contributed by atoms with Gasteiger partial charge in [0, 0.05) is 6.04 Å². The molecular weight excluding hydrogens is 207 g/mol. The Kier molecular flexibility index (Phi) is 7.15. The zero-order valence-corrected chi connectivity index (χ0v) is 9.55. The third-order valence-electron chi connectivity index (χ3n) is 2.73. The maximum Gasteiger partial charge on any atom is 0.00683 e. The van der Waals surface area contributed by atoms with E-state index in [0.717, 1.165) is 12.0 Å². The van der Waals surface area contributed by atoms with Crippen molar-refractivity contribution in [2.45, 2.75) is 31.7 Å². The average molecular weight is 227 g/mol. The van der Waals surface area contributed by atoms with Gasteiger partial charge in [-0.25, -0.2) is 0 Å². The summed E-state index contributed by atoms with van der Waals surface area (Å²) in [5.41, 5.74) is 0. The third kappa shape index (κ3) is 5.06. The molecule has 0 atom stereocenters. The summed E-state index contributed by atoms with van der Waals surface area (Å²) >= 11 is 0. The summed E-state index contributed by atoms with van der Waals surface area (Å²) in [7, 11) is 0. The van der Waals surface area contributed by atoms with E-state index in [0.29, 0.717) is 0 Å². The molecule has 2 fully saturated rings. The molecule has 0 bridgehead atoms. The second-order valence-electron chi connectivity index (χ2n) is 3.88. The van der Waals surface area contributed by atoms with Gasteiger partial charge in [0.1, 0.15) is 0 Å². The van der Waals surface area contributed by atoms with Crippen LogP contribution in [0.5, 0.6) is 0 Å². The number of halogens is 2. The SMILES string of the molecule is C1CC(CNC2CC2)CCN1.Cl.Cl. The highest BCUT2D eigenvalue weighted by atomic mass is 35.5. The van der Waals surface area contributed by atoms with E-state index in [2.05, 4.69) is 10.6 Å². The highest BCUT2D eigenvalue weighted by molar-refractivity contribution is 5.85. The van der Waals surface area contributed by atoms with Crippen molar-refractivity contribution in [3.8, 4) is 0 Å². The molecule has 0 unspecified atom stereocenters. The molecule has 2 aliphatic rings. The van der Waals surface area contributed by atoms with Crippen LogP contribution in [0.25, 0.3) is 0 Å². The minimum Gasteiger partial charge on any atom is -0.317 e. The fourth-order valence-corrected chi connectivity index (χ4v) is 1.71.